The van der Waals surface area contributed by atoms with E-state index >= 15 is 0 Å². The van der Waals surface area contributed by atoms with Crippen molar-refractivity contribution in [3.05, 3.63) is 49.4 Å². The van der Waals surface area contributed by atoms with Crippen molar-refractivity contribution in [3.8, 4) is 12.3 Å². The summed E-state index contributed by atoms with van der Waals surface area (Å²) in [5, 5.41) is 6.30. The Morgan fingerprint density at radius 3 is 2.48 bits per heavy atom. The molecule has 0 saturated carbocycles. The zero-order valence-corrected chi connectivity index (χ0v) is 20.4. The van der Waals surface area contributed by atoms with E-state index in [9.17, 15) is 4.79 Å². The van der Waals surface area contributed by atoms with Crippen molar-refractivity contribution in [2.24, 2.45) is 17.3 Å². The van der Waals surface area contributed by atoms with Gasteiger partial charge in [0.25, 0.3) is 0 Å². The molecule has 0 bridgehead atoms. The van der Waals surface area contributed by atoms with Gasteiger partial charge < -0.3 is 15.5 Å². The molecule has 1 amide bonds. The lowest BCUT2D eigenvalue weighted by Crippen LogP contribution is -2.43. The van der Waals surface area contributed by atoms with Gasteiger partial charge in [-0.15, -0.1) is 18.9 Å². The minimum absolute atomic E-state index is 0.132. The zero-order valence-electron chi connectivity index (χ0n) is 20.4. The van der Waals surface area contributed by atoms with Gasteiger partial charge in [-0.1, -0.05) is 66.9 Å². The smallest absolute Gasteiger partial charge is 0.248 e. The lowest BCUT2D eigenvalue weighted by atomic mass is 9.80. The van der Waals surface area contributed by atoms with Crippen molar-refractivity contribution in [2.75, 3.05) is 13.1 Å². The molecule has 0 aliphatic carbocycles. The molecule has 2 N–H and O–H groups in total. The molecule has 1 aliphatic rings. The van der Waals surface area contributed by atoms with Crippen LogP contribution in [0, 0.1) is 29.6 Å². The van der Waals surface area contributed by atoms with Gasteiger partial charge in [-0.25, -0.2) is 0 Å². The topological polar surface area (TPSA) is 44.4 Å². The van der Waals surface area contributed by atoms with Gasteiger partial charge in [0, 0.05) is 42.4 Å². The first-order valence-corrected chi connectivity index (χ1v) is 11.4. The van der Waals surface area contributed by atoms with Crippen LogP contribution in [0.1, 0.15) is 60.3 Å². The molecule has 1 heterocycles. The van der Waals surface area contributed by atoms with Gasteiger partial charge in [0.2, 0.25) is 5.91 Å². The number of hydrogen-bond acceptors (Lipinski definition) is 3. The molecule has 0 aromatic carbocycles. The minimum Gasteiger partial charge on any atom is -0.380 e. The van der Waals surface area contributed by atoms with Crippen LogP contribution >= 0.6 is 0 Å². The molecule has 1 aliphatic heterocycles. The second kappa shape index (κ2) is 11.8. The Labute approximate surface area is 190 Å². The van der Waals surface area contributed by atoms with Gasteiger partial charge in [0.05, 0.1) is 12.1 Å². The van der Waals surface area contributed by atoms with Crippen molar-refractivity contribution in [3.63, 3.8) is 0 Å². The third kappa shape index (κ3) is 7.35. The maximum absolute atomic E-state index is 12.5. The average molecular weight is 426 g/mol. The van der Waals surface area contributed by atoms with E-state index in [1.807, 2.05) is 0 Å². The van der Waals surface area contributed by atoms with E-state index in [1.54, 1.807) is 6.08 Å². The molecule has 4 heteroatoms. The maximum Gasteiger partial charge on any atom is 0.248 e. The molecular weight excluding hydrogens is 382 g/mol. The lowest BCUT2D eigenvalue weighted by molar-refractivity contribution is -0.117. The quantitative estimate of drug-likeness (QED) is 0.262. The molecule has 0 aromatic heterocycles. The van der Waals surface area contributed by atoms with Crippen LogP contribution in [0.3, 0.4) is 0 Å². The van der Waals surface area contributed by atoms with Crippen LogP contribution in [-0.2, 0) is 4.79 Å². The second-order valence-corrected chi connectivity index (χ2v) is 9.75. The Hall–Kier alpha value is -2.41. The third-order valence-electron chi connectivity index (χ3n) is 6.59. The summed E-state index contributed by atoms with van der Waals surface area (Å²) in [7, 11) is 0. The first kappa shape index (κ1) is 26.6. The Bertz CT molecular complexity index is 722. The van der Waals surface area contributed by atoms with Gasteiger partial charge in [-0.3, -0.25) is 4.79 Å². The highest BCUT2D eigenvalue weighted by atomic mass is 16.1. The van der Waals surface area contributed by atoms with Crippen LogP contribution in [0.15, 0.2) is 49.4 Å². The summed E-state index contributed by atoms with van der Waals surface area (Å²) < 4.78 is 0. The Morgan fingerprint density at radius 1 is 1.32 bits per heavy atom. The number of likely N-dealkylation sites (tertiary alicyclic amines) is 1. The summed E-state index contributed by atoms with van der Waals surface area (Å²) in [4.78, 5) is 14.9. The van der Waals surface area contributed by atoms with Crippen molar-refractivity contribution in [2.45, 2.75) is 72.4 Å². The molecule has 0 radical (unpaired) electrons. The number of allylic oxidation sites excluding steroid dienone is 1. The van der Waals surface area contributed by atoms with Gasteiger partial charge >= 0.3 is 0 Å². The van der Waals surface area contributed by atoms with Gasteiger partial charge in [-0.05, 0) is 24.2 Å². The van der Waals surface area contributed by atoms with E-state index in [0.717, 1.165) is 30.8 Å². The van der Waals surface area contributed by atoms with Crippen LogP contribution < -0.4 is 10.6 Å². The zero-order chi connectivity index (χ0) is 23.8. The summed E-state index contributed by atoms with van der Waals surface area (Å²) in [6.45, 7) is 29.1. The third-order valence-corrected chi connectivity index (χ3v) is 6.59. The molecule has 1 fully saturated rings. The first-order valence-electron chi connectivity index (χ1n) is 11.4. The fourth-order valence-corrected chi connectivity index (χ4v) is 3.93. The summed E-state index contributed by atoms with van der Waals surface area (Å²) in [6, 6.07) is -0.121. The minimum atomic E-state index is -0.260. The van der Waals surface area contributed by atoms with Crippen LogP contribution in [0.25, 0.3) is 0 Å². The SMILES string of the molecule is C#CCCC(NC(=C)C1CC(CC)CN1C(=C)C(C)C(C)(C)C)C(=C)C(=O)NCC=C. The van der Waals surface area contributed by atoms with Gasteiger partial charge in [0.15, 0.2) is 0 Å². The number of amides is 1. The molecule has 1 rings (SSSR count). The van der Waals surface area contributed by atoms with E-state index in [1.165, 1.54) is 0 Å². The van der Waals surface area contributed by atoms with Crippen molar-refractivity contribution < 1.29 is 4.79 Å². The second-order valence-electron chi connectivity index (χ2n) is 9.75. The highest BCUT2D eigenvalue weighted by Gasteiger charge is 2.37. The van der Waals surface area contributed by atoms with E-state index in [0.29, 0.717) is 36.8 Å². The van der Waals surface area contributed by atoms with Crippen LogP contribution in [0.4, 0.5) is 0 Å². The number of rotatable bonds is 12. The molecule has 0 aromatic rings. The number of nitrogens with zero attached hydrogens (tertiary/aromatic N) is 1. The van der Waals surface area contributed by atoms with Crippen molar-refractivity contribution in [1.82, 2.24) is 15.5 Å². The fourth-order valence-electron chi connectivity index (χ4n) is 3.93. The first-order chi connectivity index (χ1) is 14.5. The molecule has 4 unspecified atom stereocenters. The number of hydrogen-bond donors (Lipinski definition) is 2. The van der Waals surface area contributed by atoms with Gasteiger partial charge in [-0.2, -0.15) is 0 Å². The van der Waals surface area contributed by atoms with E-state index in [2.05, 4.69) is 82.4 Å². The summed E-state index contributed by atoms with van der Waals surface area (Å²) in [6.07, 6.45) is 10.5. The van der Waals surface area contributed by atoms with Crippen LogP contribution in [0.5, 0.6) is 0 Å². The molecule has 31 heavy (non-hydrogen) atoms. The Balaban J connectivity index is 3.03. The number of terminal acetylenes is 1. The fraction of sp³-hybridized carbons (Fsp3) is 0.593. The highest BCUT2D eigenvalue weighted by molar-refractivity contribution is 5.94. The molecule has 1 saturated heterocycles. The van der Waals surface area contributed by atoms with Crippen molar-refractivity contribution in [1.29, 1.82) is 0 Å². The molecule has 4 atom stereocenters. The normalized spacial score (nSPS) is 20.3. The molecule has 172 valence electrons. The lowest BCUT2D eigenvalue weighted by Gasteiger charge is -2.39. The molecule has 0 spiro atoms. The monoisotopic (exact) mass is 425 g/mol. The Morgan fingerprint density at radius 2 is 1.97 bits per heavy atom. The van der Waals surface area contributed by atoms with Gasteiger partial charge in [0.1, 0.15) is 0 Å². The highest BCUT2D eigenvalue weighted by Crippen LogP contribution is 2.39. The predicted molar refractivity (Wildman–Crippen MR) is 133 cm³/mol. The summed E-state index contributed by atoms with van der Waals surface area (Å²) >= 11 is 0. The predicted octanol–water partition coefficient (Wildman–Crippen LogP) is 5.03. The standard InChI is InChI=1S/C27H43N3O/c1-11-14-15-24(19(4)26(31)28-16-12-2)29-21(6)25-17-23(13-3)18-30(25)22(7)20(5)27(8,9)10/h1,12,20,23-25,29H,2,4,6-7,13-18H2,3,5,8-10H3,(H,28,31). The molecule has 4 nitrogen and oxygen atoms in total. The van der Waals surface area contributed by atoms with E-state index < -0.39 is 0 Å². The number of nitrogens with one attached hydrogen (secondary N) is 2. The summed E-state index contributed by atoms with van der Waals surface area (Å²) in [5.74, 6) is 3.41. The van der Waals surface area contributed by atoms with Crippen LogP contribution in [0.2, 0.25) is 0 Å². The van der Waals surface area contributed by atoms with E-state index in [4.69, 9.17) is 6.42 Å². The average Bonchev–Trinajstić information content (AvgIpc) is 3.17. The van der Waals surface area contributed by atoms with Crippen LogP contribution in [-0.4, -0.2) is 36.0 Å². The number of carbonyl (C=O) groups excluding carboxylic acids is 1. The Kier molecular flexibility index (Phi) is 10.2. The number of carbonyl (C=O) groups is 1. The van der Waals surface area contributed by atoms with E-state index in [-0.39, 0.29) is 23.4 Å². The van der Waals surface area contributed by atoms with Crippen molar-refractivity contribution >= 4 is 5.91 Å². The maximum atomic E-state index is 12.5. The summed E-state index contributed by atoms with van der Waals surface area (Å²) in [5.41, 5.74) is 2.65. The molecular formula is C27H43N3O. The largest absolute Gasteiger partial charge is 0.380 e.